The van der Waals surface area contributed by atoms with Crippen molar-refractivity contribution in [2.45, 2.75) is 32.9 Å². The van der Waals surface area contributed by atoms with E-state index in [1.54, 1.807) is 7.11 Å². The molecule has 4 heteroatoms. The van der Waals surface area contributed by atoms with E-state index in [4.69, 9.17) is 27.9 Å². The Bertz CT molecular complexity index is 369. The zero-order valence-electron chi connectivity index (χ0n) is 11.2. The third kappa shape index (κ3) is 4.68. The van der Waals surface area contributed by atoms with Gasteiger partial charge in [-0.1, -0.05) is 11.6 Å². The predicted molar refractivity (Wildman–Crippen MR) is 78.9 cm³/mol. The molecule has 0 N–H and O–H groups in total. The molecule has 2 nitrogen and oxygen atoms in total. The molecule has 1 aromatic rings. The van der Waals surface area contributed by atoms with Gasteiger partial charge in [-0.25, -0.2) is 0 Å². The number of benzene rings is 1. The SMILES string of the molecule is COc1ccc(Cl)cc1CN(CCCCl)C(C)C. The first-order valence-corrected chi connectivity index (χ1v) is 7.12. The van der Waals surface area contributed by atoms with Crippen molar-refractivity contribution in [3.63, 3.8) is 0 Å². The third-order valence-corrected chi connectivity index (χ3v) is 3.43. The van der Waals surface area contributed by atoms with E-state index >= 15 is 0 Å². The van der Waals surface area contributed by atoms with Gasteiger partial charge in [-0.3, -0.25) is 4.90 Å². The lowest BCUT2D eigenvalue weighted by Gasteiger charge is -2.27. The van der Waals surface area contributed by atoms with Crippen LogP contribution in [0, 0.1) is 0 Å². The summed E-state index contributed by atoms with van der Waals surface area (Å²) >= 11 is 11.8. The molecule has 0 aliphatic heterocycles. The lowest BCUT2D eigenvalue weighted by atomic mass is 10.1. The van der Waals surface area contributed by atoms with E-state index in [0.29, 0.717) is 11.9 Å². The molecule has 1 aromatic carbocycles. The van der Waals surface area contributed by atoms with Crippen LogP contribution >= 0.6 is 23.2 Å². The van der Waals surface area contributed by atoms with Gasteiger partial charge in [0, 0.05) is 29.1 Å². The number of nitrogens with zero attached hydrogens (tertiary/aromatic N) is 1. The highest BCUT2D eigenvalue weighted by Gasteiger charge is 2.13. The molecule has 0 saturated carbocycles. The minimum absolute atomic E-state index is 0.469. The molecule has 0 fully saturated rings. The van der Waals surface area contributed by atoms with Gasteiger partial charge in [-0.05, 0) is 45.0 Å². The van der Waals surface area contributed by atoms with Gasteiger partial charge >= 0.3 is 0 Å². The Morgan fingerprint density at radius 1 is 1.33 bits per heavy atom. The van der Waals surface area contributed by atoms with Crippen LogP contribution in [-0.2, 0) is 6.54 Å². The van der Waals surface area contributed by atoms with Crippen LogP contribution < -0.4 is 4.74 Å². The molecule has 0 spiro atoms. The maximum atomic E-state index is 6.05. The predicted octanol–water partition coefficient (Wildman–Crippen LogP) is 4.19. The van der Waals surface area contributed by atoms with Crippen LogP contribution in [0.1, 0.15) is 25.8 Å². The van der Waals surface area contributed by atoms with E-state index in [1.165, 1.54) is 0 Å². The Morgan fingerprint density at radius 2 is 2.06 bits per heavy atom. The van der Waals surface area contributed by atoms with Crippen LogP contribution in [0.25, 0.3) is 0 Å². The highest BCUT2D eigenvalue weighted by molar-refractivity contribution is 6.30. The Balaban J connectivity index is 2.81. The van der Waals surface area contributed by atoms with Gasteiger partial charge in [0.2, 0.25) is 0 Å². The number of methoxy groups -OCH3 is 1. The first-order valence-electron chi connectivity index (χ1n) is 6.21. The summed E-state index contributed by atoms with van der Waals surface area (Å²) in [4.78, 5) is 2.37. The quantitative estimate of drug-likeness (QED) is 0.698. The van der Waals surface area contributed by atoms with Crippen LogP contribution in [0.2, 0.25) is 5.02 Å². The summed E-state index contributed by atoms with van der Waals surface area (Å²) in [6.45, 7) is 6.19. The highest BCUT2D eigenvalue weighted by atomic mass is 35.5. The maximum Gasteiger partial charge on any atom is 0.123 e. The molecule has 0 aliphatic carbocycles. The molecule has 1 rings (SSSR count). The lowest BCUT2D eigenvalue weighted by molar-refractivity contribution is 0.211. The molecular formula is C14H21Cl2NO. The van der Waals surface area contributed by atoms with Crippen molar-refractivity contribution in [2.75, 3.05) is 19.5 Å². The van der Waals surface area contributed by atoms with Crippen molar-refractivity contribution in [3.05, 3.63) is 28.8 Å². The average Bonchev–Trinajstić information content (AvgIpc) is 2.34. The molecule has 0 saturated heterocycles. The number of hydrogen-bond donors (Lipinski definition) is 0. The monoisotopic (exact) mass is 289 g/mol. The van der Waals surface area contributed by atoms with Gasteiger partial charge in [0.1, 0.15) is 5.75 Å². The van der Waals surface area contributed by atoms with E-state index in [9.17, 15) is 0 Å². The van der Waals surface area contributed by atoms with E-state index in [-0.39, 0.29) is 0 Å². The van der Waals surface area contributed by atoms with Crippen molar-refractivity contribution < 1.29 is 4.74 Å². The van der Waals surface area contributed by atoms with E-state index < -0.39 is 0 Å². The number of alkyl halides is 1. The second-order valence-electron chi connectivity index (χ2n) is 4.56. The minimum atomic E-state index is 0.469. The molecule has 0 amide bonds. The van der Waals surface area contributed by atoms with Gasteiger partial charge in [0.15, 0.2) is 0 Å². The molecule has 0 atom stereocenters. The molecule has 0 heterocycles. The second kappa shape index (κ2) is 7.88. The van der Waals surface area contributed by atoms with E-state index in [0.717, 1.165) is 35.8 Å². The van der Waals surface area contributed by atoms with Gasteiger partial charge in [-0.15, -0.1) is 11.6 Å². The third-order valence-electron chi connectivity index (χ3n) is 2.93. The van der Waals surface area contributed by atoms with E-state index in [2.05, 4.69) is 18.7 Å². The first kappa shape index (κ1) is 15.6. The topological polar surface area (TPSA) is 12.5 Å². The number of ether oxygens (including phenoxy) is 1. The van der Waals surface area contributed by atoms with Crippen molar-refractivity contribution >= 4 is 23.2 Å². The average molecular weight is 290 g/mol. The summed E-state index contributed by atoms with van der Waals surface area (Å²) in [5.41, 5.74) is 1.12. The Kier molecular flexibility index (Phi) is 6.83. The van der Waals surface area contributed by atoms with Crippen molar-refractivity contribution in [2.24, 2.45) is 0 Å². The minimum Gasteiger partial charge on any atom is -0.496 e. The zero-order chi connectivity index (χ0) is 13.5. The van der Waals surface area contributed by atoms with Crippen LogP contribution in [-0.4, -0.2) is 30.5 Å². The van der Waals surface area contributed by atoms with Crippen LogP contribution in [0.5, 0.6) is 5.75 Å². The fourth-order valence-corrected chi connectivity index (χ4v) is 2.19. The Morgan fingerprint density at radius 3 is 2.61 bits per heavy atom. The van der Waals surface area contributed by atoms with Crippen molar-refractivity contribution in [1.29, 1.82) is 0 Å². The maximum absolute atomic E-state index is 6.05. The fourth-order valence-electron chi connectivity index (χ4n) is 1.87. The van der Waals surface area contributed by atoms with Crippen LogP contribution in [0.15, 0.2) is 18.2 Å². The van der Waals surface area contributed by atoms with Gasteiger partial charge < -0.3 is 4.74 Å². The van der Waals surface area contributed by atoms with Crippen LogP contribution in [0.4, 0.5) is 0 Å². The smallest absolute Gasteiger partial charge is 0.123 e. The lowest BCUT2D eigenvalue weighted by Crippen LogP contribution is -2.31. The summed E-state index contributed by atoms with van der Waals surface area (Å²) in [5, 5.41) is 0.742. The van der Waals surface area contributed by atoms with Crippen molar-refractivity contribution in [3.8, 4) is 5.75 Å². The van der Waals surface area contributed by atoms with Gasteiger partial charge in [0.05, 0.1) is 7.11 Å². The molecule has 0 radical (unpaired) electrons. The Hall–Kier alpha value is -0.440. The molecule has 0 aromatic heterocycles. The Labute approximate surface area is 120 Å². The molecule has 102 valence electrons. The number of hydrogen-bond acceptors (Lipinski definition) is 2. The number of rotatable bonds is 7. The molecule has 0 bridgehead atoms. The summed E-state index contributed by atoms with van der Waals surface area (Å²) in [6.07, 6.45) is 0.989. The largest absolute Gasteiger partial charge is 0.496 e. The van der Waals surface area contributed by atoms with E-state index in [1.807, 2.05) is 18.2 Å². The molecule has 18 heavy (non-hydrogen) atoms. The normalized spacial score (nSPS) is 11.3. The summed E-state index contributed by atoms with van der Waals surface area (Å²) in [6, 6.07) is 6.20. The fraction of sp³-hybridized carbons (Fsp3) is 0.571. The zero-order valence-corrected chi connectivity index (χ0v) is 12.8. The van der Waals surface area contributed by atoms with Gasteiger partial charge in [-0.2, -0.15) is 0 Å². The molecule has 0 unspecified atom stereocenters. The number of halogens is 2. The molecule has 0 aliphatic rings. The summed E-state index contributed by atoms with van der Waals surface area (Å²) in [5.74, 6) is 1.58. The summed E-state index contributed by atoms with van der Waals surface area (Å²) in [7, 11) is 1.69. The standard InChI is InChI=1S/C14H21Cl2NO/c1-11(2)17(8-4-7-15)10-12-9-13(16)5-6-14(12)18-3/h5-6,9,11H,4,7-8,10H2,1-3H3. The highest BCUT2D eigenvalue weighted by Crippen LogP contribution is 2.24. The molecular weight excluding hydrogens is 269 g/mol. The summed E-state index contributed by atoms with van der Waals surface area (Å²) < 4.78 is 5.37. The second-order valence-corrected chi connectivity index (χ2v) is 5.38. The first-order chi connectivity index (χ1) is 8.58. The van der Waals surface area contributed by atoms with Crippen molar-refractivity contribution in [1.82, 2.24) is 4.90 Å². The van der Waals surface area contributed by atoms with Crippen LogP contribution in [0.3, 0.4) is 0 Å². The van der Waals surface area contributed by atoms with Gasteiger partial charge in [0.25, 0.3) is 0 Å².